The fourth-order valence-corrected chi connectivity index (χ4v) is 2.50. The largest absolute Gasteiger partial charge is 0.463 e. The van der Waals surface area contributed by atoms with Gasteiger partial charge in [0.1, 0.15) is 5.76 Å². The van der Waals surface area contributed by atoms with Crippen molar-refractivity contribution >= 4 is 12.1 Å². The van der Waals surface area contributed by atoms with E-state index in [1.165, 1.54) is 25.5 Å². The number of nitrogens with one attached hydrogen (secondary N) is 1. The molecule has 3 rings (SSSR count). The highest BCUT2D eigenvalue weighted by atomic mass is 16.3. The van der Waals surface area contributed by atoms with Crippen LogP contribution in [0.15, 0.2) is 27.9 Å². The van der Waals surface area contributed by atoms with Gasteiger partial charge in [-0.15, -0.1) is 0 Å². The van der Waals surface area contributed by atoms with Crippen molar-refractivity contribution in [3.63, 3.8) is 0 Å². The number of carbonyl (C=O) groups is 1. The average Bonchev–Trinajstić information content (AvgIpc) is 2.82. The predicted molar refractivity (Wildman–Crippen MR) is 58.8 cm³/mol. The smallest absolute Gasteiger partial charge is 0.243 e. The maximum atomic E-state index is 11.7. The zero-order valence-electron chi connectivity index (χ0n) is 8.98. The van der Waals surface area contributed by atoms with E-state index >= 15 is 0 Å². The Kier molecular flexibility index (Phi) is 2.09. The van der Waals surface area contributed by atoms with Crippen molar-refractivity contribution in [1.82, 2.24) is 5.43 Å². The van der Waals surface area contributed by atoms with Crippen LogP contribution in [0.4, 0.5) is 0 Å². The standard InChI is InChI=1S/C12H14N2O2/c15-11(10-7-12(10)4-2-5-12)14-13-8-9-3-1-6-16-9/h1,3,6,8,10H,2,4-5,7H2,(H,14,15)/b13-8-/t10-/m0/s1. The van der Waals surface area contributed by atoms with Crippen LogP contribution >= 0.6 is 0 Å². The Bertz CT molecular complexity index is 418. The first-order valence-electron chi connectivity index (χ1n) is 5.67. The highest BCUT2D eigenvalue weighted by Crippen LogP contribution is 2.65. The van der Waals surface area contributed by atoms with E-state index in [-0.39, 0.29) is 11.8 Å². The first-order chi connectivity index (χ1) is 7.80. The Hall–Kier alpha value is -1.58. The minimum absolute atomic E-state index is 0.0579. The Morgan fingerprint density at radius 2 is 2.50 bits per heavy atom. The Morgan fingerprint density at radius 3 is 3.06 bits per heavy atom. The van der Waals surface area contributed by atoms with Crippen molar-refractivity contribution in [2.24, 2.45) is 16.4 Å². The van der Waals surface area contributed by atoms with Crippen molar-refractivity contribution < 1.29 is 9.21 Å². The van der Waals surface area contributed by atoms with Crippen LogP contribution in [0.5, 0.6) is 0 Å². The summed E-state index contributed by atoms with van der Waals surface area (Å²) in [6.07, 6.45) is 7.86. The van der Waals surface area contributed by atoms with E-state index in [0.717, 1.165) is 6.42 Å². The fraction of sp³-hybridized carbons (Fsp3) is 0.500. The van der Waals surface area contributed by atoms with Gasteiger partial charge < -0.3 is 4.42 Å². The molecule has 1 amide bonds. The second-order valence-electron chi connectivity index (χ2n) is 4.72. The maximum Gasteiger partial charge on any atom is 0.243 e. The molecule has 84 valence electrons. The molecule has 2 aliphatic rings. The summed E-state index contributed by atoms with van der Waals surface area (Å²) in [6.45, 7) is 0. The zero-order chi connectivity index (χ0) is 11.0. The molecule has 2 aliphatic carbocycles. The fourth-order valence-electron chi connectivity index (χ4n) is 2.50. The van der Waals surface area contributed by atoms with Gasteiger partial charge >= 0.3 is 0 Å². The normalized spacial score (nSPS) is 25.6. The van der Waals surface area contributed by atoms with Crippen molar-refractivity contribution in [2.45, 2.75) is 25.7 Å². The second-order valence-corrected chi connectivity index (χ2v) is 4.72. The highest BCUT2D eigenvalue weighted by Gasteiger charge is 2.60. The molecule has 1 heterocycles. The van der Waals surface area contributed by atoms with Gasteiger partial charge in [0.25, 0.3) is 0 Å². The van der Waals surface area contributed by atoms with Gasteiger partial charge in [-0.2, -0.15) is 5.10 Å². The van der Waals surface area contributed by atoms with Gasteiger partial charge in [-0.3, -0.25) is 4.79 Å². The third-order valence-electron chi connectivity index (χ3n) is 3.77. The Morgan fingerprint density at radius 1 is 1.62 bits per heavy atom. The lowest BCUT2D eigenvalue weighted by molar-refractivity contribution is -0.123. The molecule has 4 nitrogen and oxygen atoms in total. The second kappa shape index (κ2) is 3.47. The molecule has 0 radical (unpaired) electrons. The van der Waals surface area contributed by atoms with E-state index < -0.39 is 0 Å². The third kappa shape index (κ3) is 1.54. The minimum atomic E-state index is 0.0579. The molecule has 2 saturated carbocycles. The SMILES string of the molecule is O=C(N/N=C\c1ccco1)[C@@H]1CC12CCC2. The quantitative estimate of drug-likeness (QED) is 0.622. The summed E-state index contributed by atoms with van der Waals surface area (Å²) >= 11 is 0. The molecule has 0 unspecified atom stereocenters. The van der Waals surface area contributed by atoms with Crippen LogP contribution in [0, 0.1) is 11.3 Å². The average molecular weight is 218 g/mol. The molecule has 0 aromatic carbocycles. The molecule has 4 heteroatoms. The summed E-state index contributed by atoms with van der Waals surface area (Å²) in [5, 5.41) is 3.88. The van der Waals surface area contributed by atoms with E-state index in [1.807, 2.05) is 0 Å². The van der Waals surface area contributed by atoms with Crippen LogP contribution in [0.1, 0.15) is 31.4 Å². The number of furan rings is 1. The van der Waals surface area contributed by atoms with E-state index in [4.69, 9.17) is 4.42 Å². The van der Waals surface area contributed by atoms with Gasteiger partial charge in [0, 0.05) is 5.92 Å². The van der Waals surface area contributed by atoms with E-state index in [2.05, 4.69) is 10.5 Å². The summed E-state index contributed by atoms with van der Waals surface area (Å²) in [4.78, 5) is 11.7. The van der Waals surface area contributed by atoms with Gasteiger partial charge in [-0.25, -0.2) is 5.43 Å². The first-order valence-corrected chi connectivity index (χ1v) is 5.67. The lowest BCUT2D eigenvalue weighted by Crippen LogP contribution is -2.26. The molecule has 0 saturated heterocycles. The lowest BCUT2D eigenvalue weighted by atomic mass is 9.80. The topological polar surface area (TPSA) is 54.6 Å². The number of hydrazone groups is 1. The van der Waals surface area contributed by atoms with E-state index in [0.29, 0.717) is 11.2 Å². The van der Waals surface area contributed by atoms with Gasteiger partial charge in [0.2, 0.25) is 5.91 Å². The minimum Gasteiger partial charge on any atom is -0.463 e. The van der Waals surface area contributed by atoms with Crippen LogP contribution in [-0.4, -0.2) is 12.1 Å². The molecule has 1 spiro atoms. The molecule has 0 aliphatic heterocycles. The number of nitrogens with zero attached hydrogens (tertiary/aromatic N) is 1. The van der Waals surface area contributed by atoms with Crippen molar-refractivity contribution in [1.29, 1.82) is 0 Å². The molecule has 1 aromatic rings. The highest BCUT2D eigenvalue weighted by molar-refractivity contribution is 5.84. The summed E-state index contributed by atoms with van der Waals surface area (Å²) in [6, 6.07) is 3.58. The molecule has 1 atom stereocenters. The number of amides is 1. The summed E-state index contributed by atoms with van der Waals surface area (Å²) in [5.74, 6) is 0.909. The van der Waals surface area contributed by atoms with Gasteiger partial charge in [-0.05, 0) is 36.8 Å². The molecule has 16 heavy (non-hydrogen) atoms. The monoisotopic (exact) mass is 218 g/mol. The summed E-state index contributed by atoms with van der Waals surface area (Å²) < 4.78 is 5.06. The van der Waals surface area contributed by atoms with Crippen LogP contribution in [0.25, 0.3) is 0 Å². The van der Waals surface area contributed by atoms with E-state index in [9.17, 15) is 4.79 Å². The van der Waals surface area contributed by atoms with Gasteiger partial charge in [-0.1, -0.05) is 6.42 Å². The van der Waals surface area contributed by atoms with Crippen LogP contribution in [0.3, 0.4) is 0 Å². The Labute approximate surface area is 93.7 Å². The van der Waals surface area contributed by atoms with Crippen LogP contribution in [0.2, 0.25) is 0 Å². The number of carbonyl (C=O) groups excluding carboxylic acids is 1. The number of hydrogen-bond acceptors (Lipinski definition) is 3. The molecular formula is C12H14N2O2. The van der Waals surface area contributed by atoms with Crippen LogP contribution < -0.4 is 5.43 Å². The summed E-state index contributed by atoms with van der Waals surface area (Å²) in [5.41, 5.74) is 2.94. The molecule has 1 N–H and O–H groups in total. The number of rotatable bonds is 3. The third-order valence-corrected chi connectivity index (χ3v) is 3.77. The molecule has 2 fully saturated rings. The van der Waals surface area contributed by atoms with Crippen molar-refractivity contribution in [2.75, 3.05) is 0 Å². The number of hydrogen-bond donors (Lipinski definition) is 1. The lowest BCUT2D eigenvalue weighted by Gasteiger charge is -2.25. The Balaban J connectivity index is 1.51. The summed E-state index contributed by atoms with van der Waals surface area (Å²) in [7, 11) is 0. The van der Waals surface area contributed by atoms with Crippen molar-refractivity contribution in [3.8, 4) is 0 Å². The van der Waals surface area contributed by atoms with Gasteiger partial charge in [0.05, 0.1) is 12.5 Å². The molecule has 0 bridgehead atoms. The molecular weight excluding hydrogens is 204 g/mol. The van der Waals surface area contributed by atoms with Crippen LogP contribution in [-0.2, 0) is 4.79 Å². The predicted octanol–water partition coefficient (Wildman–Crippen LogP) is 1.92. The maximum absolute atomic E-state index is 11.7. The molecule has 1 aromatic heterocycles. The van der Waals surface area contributed by atoms with Crippen molar-refractivity contribution in [3.05, 3.63) is 24.2 Å². The van der Waals surface area contributed by atoms with Gasteiger partial charge in [0.15, 0.2) is 0 Å². The first kappa shape index (κ1) is 9.63. The zero-order valence-corrected chi connectivity index (χ0v) is 8.98. The van der Waals surface area contributed by atoms with E-state index in [1.54, 1.807) is 18.4 Å².